The molecule has 0 spiro atoms. The van der Waals surface area contributed by atoms with Gasteiger partial charge in [0.2, 0.25) is 0 Å². The van der Waals surface area contributed by atoms with Gasteiger partial charge in [-0.2, -0.15) is 0 Å². The van der Waals surface area contributed by atoms with E-state index < -0.39 is 0 Å². The van der Waals surface area contributed by atoms with Gasteiger partial charge in [-0.1, -0.05) is 42.0 Å². The van der Waals surface area contributed by atoms with Gasteiger partial charge in [0.05, 0.1) is 6.10 Å². The summed E-state index contributed by atoms with van der Waals surface area (Å²) in [5.74, 6) is 0. The molecule has 2 atom stereocenters. The van der Waals surface area contributed by atoms with Gasteiger partial charge < -0.3 is 15.8 Å². The van der Waals surface area contributed by atoms with Crippen molar-refractivity contribution in [3.05, 3.63) is 28.2 Å². The van der Waals surface area contributed by atoms with Crippen molar-refractivity contribution >= 4 is 38.8 Å². The monoisotopic (exact) mass is 356 g/mol. The Morgan fingerprint density at radius 2 is 2.25 bits per heavy atom. The molecular weight excluding hydrogens is 336 g/mol. The summed E-state index contributed by atoms with van der Waals surface area (Å²) in [4.78, 5) is 0.415. The van der Waals surface area contributed by atoms with E-state index in [0.717, 1.165) is 28.8 Å². The van der Waals surface area contributed by atoms with Gasteiger partial charge in [0.1, 0.15) is 4.99 Å². The van der Waals surface area contributed by atoms with Crippen LogP contribution in [0.15, 0.2) is 22.7 Å². The highest BCUT2D eigenvalue weighted by Crippen LogP contribution is 2.44. The van der Waals surface area contributed by atoms with Crippen LogP contribution >= 0.6 is 28.1 Å². The third kappa shape index (κ3) is 3.00. The second kappa shape index (κ2) is 6.00. The number of hydrogen-bond acceptors (Lipinski definition) is 3. The molecule has 0 aromatic heterocycles. The Labute approximate surface area is 134 Å². The molecule has 1 saturated carbocycles. The third-order valence-corrected chi connectivity index (χ3v) is 4.84. The van der Waals surface area contributed by atoms with Crippen LogP contribution < -0.4 is 11.1 Å². The maximum Gasteiger partial charge on any atom is 0.106 e. The Morgan fingerprint density at radius 3 is 2.80 bits per heavy atom. The van der Waals surface area contributed by atoms with Crippen LogP contribution in [0, 0.1) is 5.41 Å². The Balaban J connectivity index is 2.16. The number of hydrogen-bond donors (Lipinski definition) is 2. The molecule has 1 aliphatic rings. The van der Waals surface area contributed by atoms with Gasteiger partial charge >= 0.3 is 0 Å². The predicted octanol–water partition coefficient (Wildman–Crippen LogP) is 3.70. The lowest BCUT2D eigenvalue weighted by Gasteiger charge is -2.52. The van der Waals surface area contributed by atoms with Crippen molar-refractivity contribution in [3.63, 3.8) is 0 Å². The number of anilines is 1. The van der Waals surface area contributed by atoms with E-state index in [4.69, 9.17) is 22.7 Å². The van der Waals surface area contributed by atoms with Crippen LogP contribution in [-0.2, 0) is 4.74 Å². The standard InChI is InChI=1S/C15H21BrN2OS/c1-4-19-13-8-12(15(13,2)3)18-11-7-9(16)5-6-10(11)14(17)20/h5-7,12-13,18H,4,8H2,1-3H3,(H2,17,20). The molecule has 0 amide bonds. The second-order valence-electron chi connectivity index (χ2n) is 5.75. The molecule has 1 aromatic rings. The molecule has 2 unspecified atom stereocenters. The minimum Gasteiger partial charge on any atom is -0.389 e. The fraction of sp³-hybridized carbons (Fsp3) is 0.533. The molecule has 1 aliphatic carbocycles. The van der Waals surface area contributed by atoms with Crippen LogP contribution in [-0.4, -0.2) is 23.7 Å². The summed E-state index contributed by atoms with van der Waals surface area (Å²) in [6, 6.07) is 6.29. The first-order chi connectivity index (χ1) is 9.36. The zero-order chi connectivity index (χ0) is 14.9. The van der Waals surface area contributed by atoms with E-state index >= 15 is 0 Å². The van der Waals surface area contributed by atoms with Gasteiger partial charge in [0, 0.05) is 33.8 Å². The van der Waals surface area contributed by atoms with E-state index in [1.807, 2.05) is 25.1 Å². The third-order valence-electron chi connectivity index (χ3n) is 4.12. The lowest BCUT2D eigenvalue weighted by Crippen LogP contribution is -2.58. The fourth-order valence-corrected chi connectivity index (χ4v) is 3.19. The van der Waals surface area contributed by atoms with Crippen LogP contribution in [0.25, 0.3) is 0 Å². The Hall–Kier alpha value is -0.650. The summed E-state index contributed by atoms with van der Waals surface area (Å²) in [5, 5.41) is 3.57. The normalized spacial score (nSPS) is 24.0. The summed E-state index contributed by atoms with van der Waals surface area (Å²) in [7, 11) is 0. The summed E-state index contributed by atoms with van der Waals surface area (Å²) in [6.45, 7) is 7.26. The van der Waals surface area contributed by atoms with Crippen molar-refractivity contribution in [1.29, 1.82) is 0 Å². The van der Waals surface area contributed by atoms with E-state index in [0.29, 0.717) is 17.1 Å². The van der Waals surface area contributed by atoms with Crippen LogP contribution in [0.2, 0.25) is 0 Å². The first kappa shape index (κ1) is 15.7. The van der Waals surface area contributed by atoms with E-state index in [1.165, 1.54) is 0 Å². The highest BCUT2D eigenvalue weighted by molar-refractivity contribution is 9.10. The van der Waals surface area contributed by atoms with Crippen molar-refractivity contribution in [3.8, 4) is 0 Å². The average molecular weight is 357 g/mol. The number of rotatable bonds is 5. The molecule has 3 nitrogen and oxygen atoms in total. The molecule has 20 heavy (non-hydrogen) atoms. The van der Waals surface area contributed by atoms with Gasteiger partial charge in [-0.25, -0.2) is 0 Å². The molecule has 5 heteroatoms. The van der Waals surface area contributed by atoms with Crippen molar-refractivity contribution in [2.45, 2.75) is 39.3 Å². The molecule has 110 valence electrons. The lowest BCUT2D eigenvalue weighted by molar-refractivity contribution is -0.0976. The summed E-state index contributed by atoms with van der Waals surface area (Å²) in [5.41, 5.74) is 7.77. The van der Waals surface area contributed by atoms with Crippen molar-refractivity contribution in [1.82, 2.24) is 0 Å². The zero-order valence-corrected chi connectivity index (χ0v) is 14.5. The molecule has 1 fully saturated rings. The van der Waals surface area contributed by atoms with Crippen LogP contribution in [0.1, 0.15) is 32.8 Å². The SMILES string of the molecule is CCOC1CC(Nc2cc(Br)ccc2C(N)=S)C1(C)C. The number of ether oxygens (including phenoxy) is 1. The highest BCUT2D eigenvalue weighted by atomic mass is 79.9. The maximum absolute atomic E-state index is 5.79. The lowest BCUT2D eigenvalue weighted by atomic mass is 9.64. The highest BCUT2D eigenvalue weighted by Gasteiger charge is 2.49. The minimum absolute atomic E-state index is 0.103. The van der Waals surface area contributed by atoms with Crippen LogP contribution in [0.3, 0.4) is 0 Å². The number of halogens is 1. The smallest absolute Gasteiger partial charge is 0.106 e. The van der Waals surface area contributed by atoms with Gasteiger partial charge in [-0.15, -0.1) is 0 Å². The Kier molecular flexibility index (Phi) is 4.72. The molecule has 0 heterocycles. The van der Waals surface area contributed by atoms with Gasteiger partial charge in [-0.3, -0.25) is 0 Å². The molecule has 0 saturated heterocycles. The first-order valence-corrected chi connectivity index (χ1v) is 8.04. The molecule has 3 N–H and O–H groups in total. The summed E-state index contributed by atoms with van der Waals surface area (Å²) < 4.78 is 6.78. The molecule has 0 aliphatic heterocycles. The number of nitrogens with one attached hydrogen (secondary N) is 1. The van der Waals surface area contributed by atoms with Gasteiger partial charge in [-0.05, 0) is 31.5 Å². The van der Waals surface area contributed by atoms with Crippen molar-refractivity contribution in [2.75, 3.05) is 11.9 Å². The van der Waals surface area contributed by atoms with Crippen LogP contribution in [0.5, 0.6) is 0 Å². The average Bonchev–Trinajstić information content (AvgIpc) is 2.37. The zero-order valence-electron chi connectivity index (χ0n) is 12.1. The van der Waals surface area contributed by atoms with E-state index in [-0.39, 0.29) is 5.41 Å². The first-order valence-electron chi connectivity index (χ1n) is 6.83. The number of nitrogens with two attached hydrogens (primary N) is 1. The van der Waals surface area contributed by atoms with E-state index in [1.54, 1.807) is 0 Å². The second-order valence-corrected chi connectivity index (χ2v) is 7.11. The summed E-state index contributed by atoms with van der Waals surface area (Å²) >= 11 is 8.61. The number of thiocarbonyl (C=S) groups is 1. The Bertz CT molecular complexity index is 519. The van der Waals surface area contributed by atoms with E-state index in [9.17, 15) is 0 Å². The van der Waals surface area contributed by atoms with E-state index in [2.05, 4.69) is 35.1 Å². The molecule has 1 aromatic carbocycles. The van der Waals surface area contributed by atoms with Gasteiger partial charge in [0.15, 0.2) is 0 Å². The maximum atomic E-state index is 5.79. The number of benzene rings is 1. The fourth-order valence-electron chi connectivity index (χ4n) is 2.65. The van der Waals surface area contributed by atoms with Crippen LogP contribution in [0.4, 0.5) is 5.69 Å². The van der Waals surface area contributed by atoms with Crippen molar-refractivity contribution in [2.24, 2.45) is 11.1 Å². The minimum atomic E-state index is 0.103. The predicted molar refractivity (Wildman–Crippen MR) is 91.3 cm³/mol. The molecule has 0 bridgehead atoms. The molecule has 0 radical (unpaired) electrons. The topological polar surface area (TPSA) is 47.3 Å². The largest absolute Gasteiger partial charge is 0.389 e. The Morgan fingerprint density at radius 1 is 1.55 bits per heavy atom. The molecule has 2 rings (SSSR count). The summed E-state index contributed by atoms with van der Waals surface area (Å²) in [6.07, 6.45) is 1.31. The molecular formula is C15H21BrN2OS. The van der Waals surface area contributed by atoms with Gasteiger partial charge in [0.25, 0.3) is 0 Å². The quantitative estimate of drug-likeness (QED) is 0.789. The van der Waals surface area contributed by atoms with Crippen molar-refractivity contribution < 1.29 is 4.74 Å².